The first kappa shape index (κ1) is 17.8. The molecule has 1 aliphatic carbocycles. The van der Waals surface area contributed by atoms with Gasteiger partial charge in [-0.3, -0.25) is 9.79 Å². The number of guanidine groups is 1. The minimum atomic E-state index is 0.145. The molecule has 0 aliphatic heterocycles. The molecule has 0 bridgehead atoms. The minimum absolute atomic E-state index is 0.145. The van der Waals surface area contributed by atoms with Crippen LogP contribution in [0.25, 0.3) is 0 Å². The summed E-state index contributed by atoms with van der Waals surface area (Å²) in [5.41, 5.74) is 0. The molecule has 5 nitrogen and oxygen atoms in total. The standard InChI is InChI=1S/C16H32N4O/c1-13(2)9-11-18-16(17-3)19-12-10-15(21)20-14-7-5-4-6-8-14/h13-14H,4-12H2,1-3H3,(H,20,21)(H2,17,18,19). The molecule has 3 N–H and O–H groups in total. The van der Waals surface area contributed by atoms with Crippen LogP contribution in [-0.2, 0) is 4.79 Å². The molecule has 0 aromatic rings. The minimum Gasteiger partial charge on any atom is -0.356 e. The molecule has 0 radical (unpaired) electrons. The topological polar surface area (TPSA) is 65.5 Å². The number of hydrogen-bond donors (Lipinski definition) is 3. The van der Waals surface area contributed by atoms with Crippen molar-refractivity contribution in [2.45, 2.75) is 64.8 Å². The number of nitrogens with zero attached hydrogens (tertiary/aromatic N) is 1. The Morgan fingerprint density at radius 3 is 2.43 bits per heavy atom. The smallest absolute Gasteiger partial charge is 0.221 e. The van der Waals surface area contributed by atoms with Crippen LogP contribution in [0.2, 0.25) is 0 Å². The number of aliphatic imine (C=N–C) groups is 1. The summed E-state index contributed by atoms with van der Waals surface area (Å²) >= 11 is 0. The van der Waals surface area contributed by atoms with Gasteiger partial charge in [0.2, 0.25) is 5.91 Å². The number of amides is 1. The fourth-order valence-corrected chi connectivity index (χ4v) is 2.54. The molecule has 0 unspecified atom stereocenters. The molecule has 21 heavy (non-hydrogen) atoms. The number of carbonyl (C=O) groups excluding carboxylic acids is 1. The molecule has 0 aromatic carbocycles. The third-order valence-electron chi connectivity index (χ3n) is 3.85. The molecular formula is C16H32N4O. The van der Waals surface area contributed by atoms with Crippen molar-refractivity contribution in [1.82, 2.24) is 16.0 Å². The van der Waals surface area contributed by atoms with Crippen LogP contribution in [0.1, 0.15) is 58.8 Å². The molecule has 1 rings (SSSR count). The van der Waals surface area contributed by atoms with Crippen LogP contribution in [-0.4, -0.2) is 38.0 Å². The van der Waals surface area contributed by atoms with E-state index in [4.69, 9.17) is 0 Å². The number of nitrogens with one attached hydrogen (secondary N) is 3. The van der Waals surface area contributed by atoms with E-state index in [1.54, 1.807) is 7.05 Å². The second-order valence-corrected chi connectivity index (χ2v) is 6.26. The van der Waals surface area contributed by atoms with Crippen LogP contribution in [0.4, 0.5) is 0 Å². The Morgan fingerprint density at radius 1 is 1.14 bits per heavy atom. The Labute approximate surface area is 129 Å². The molecule has 0 heterocycles. The lowest BCUT2D eigenvalue weighted by Crippen LogP contribution is -2.41. The second kappa shape index (κ2) is 10.5. The van der Waals surface area contributed by atoms with Gasteiger partial charge in [0.25, 0.3) is 0 Å². The molecule has 1 amide bonds. The summed E-state index contributed by atoms with van der Waals surface area (Å²) in [4.78, 5) is 16.0. The highest BCUT2D eigenvalue weighted by Crippen LogP contribution is 2.17. The molecule has 1 aliphatic rings. The van der Waals surface area contributed by atoms with Gasteiger partial charge in [0, 0.05) is 32.6 Å². The second-order valence-electron chi connectivity index (χ2n) is 6.26. The molecule has 1 saturated carbocycles. The lowest BCUT2D eigenvalue weighted by molar-refractivity contribution is -0.121. The average Bonchev–Trinajstić information content (AvgIpc) is 2.46. The quantitative estimate of drug-likeness (QED) is 0.497. The summed E-state index contributed by atoms with van der Waals surface area (Å²) in [7, 11) is 1.76. The highest BCUT2D eigenvalue weighted by Gasteiger charge is 2.15. The summed E-state index contributed by atoms with van der Waals surface area (Å²) < 4.78 is 0. The van der Waals surface area contributed by atoms with E-state index in [0.717, 1.165) is 31.8 Å². The summed E-state index contributed by atoms with van der Waals surface area (Å²) in [6.45, 7) is 5.94. The van der Waals surface area contributed by atoms with Crippen molar-refractivity contribution in [3.05, 3.63) is 0 Å². The highest BCUT2D eigenvalue weighted by molar-refractivity contribution is 5.81. The molecule has 122 valence electrons. The van der Waals surface area contributed by atoms with Gasteiger partial charge in [-0.05, 0) is 25.2 Å². The Morgan fingerprint density at radius 2 is 1.81 bits per heavy atom. The monoisotopic (exact) mass is 296 g/mol. The van der Waals surface area contributed by atoms with Crippen molar-refractivity contribution in [3.63, 3.8) is 0 Å². The number of hydrogen-bond acceptors (Lipinski definition) is 2. The Hall–Kier alpha value is -1.26. The van der Waals surface area contributed by atoms with Gasteiger partial charge in [-0.1, -0.05) is 33.1 Å². The van der Waals surface area contributed by atoms with Crippen molar-refractivity contribution in [2.75, 3.05) is 20.1 Å². The van der Waals surface area contributed by atoms with Crippen LogP contribution in [0.15, 0.2) is 4.99 Å². The predicted octanol–water partition coefficient (Wildman–Crippen LogP) is 2.04. The maximum absolute atomic E-state index is 11.9. The van der Waals surface area contributed by atoms with Crippen molar-refractivity contribution in [2.24, 2.45) is 10.9 Å². The predicted molar refractivity (Wildman–Crippen MR) is 88.5 cm³/mol. The maximum Gasteiger partial charge on any atom is 0.221 e. The number of rotatable bonds is 7. The van der Waals surface area contributed by atoms with Gasteiger partial charge >= 0.3 is 0 Å². The third-order valence-corrected chi connectivity index (χ3v) is 3.85. The van der Waals surface area contributed by atoms with Crippen molar-refractivity contribution in [3.8, 4) is 0 Å². The molecule has 0 spiro atoms. The van der Waals surface area contributed by atoms with Crippen molar-refractivity contribution < 1.29 is 4.79 Å². The van der Waals surface area contributed by atoms with Gasteiger partial charge < -0.3 is 16.0 Å². The first-order valence-corrected chi connectivity index (χ1v) is 8.35. The van der Waals surface area contributed by atoms with E-state index in [9.17, 15) is 4.79 Å². The zero-order chi connectivity index (χ0) is 15.5. The van der Waals surface area contributed by atoms with E-state index < -0.39 is 0 Å². The van der Waals surface area contributed by atoms with Crippen LogP contribution in [0.3, 0.4) is 0 Å². The largest absolute Gasteiger partial charge is 0.356 e. The van der Waals surface area contributed by atoms with E-state index >= 15 is 0 Å². The van der Waals surface area contributed by atoms with Crippen LogP contribution < -0.4 is 16.0 Å². The van der Waals surface area contributed by atoms with Gasteiger partial charge in [0.1, 0.15) is 0 Å². The summed E-state index contributed by atoms with van der Waals surface area (Å²) in [5.74, 6) is 1.60. The first-order chi connectivity index (χ1) is 10.1. The van der Waals surface area contributed by atoms with E-state index in [1.807, 2.05) is 0 Å². The molecular weight excluding hydrogens is 264 g/mol. The van der Waals surface area contributed by atoms with Gasteiger partial charge in [-0.2, -0.15) is 0 Å². The van der Waals surface area contributed by atoms with Crippen molar-refractivity contribution >= 4 is 11.9 Å². The lowest BCUT2D eigenvalue weighted by atomic mass is 9.95. The van der Waals surface area contributed by atoms with Gasteiger partial charge in [0.15, 0.2) is 5.96 Å². The van der Waals surface area contributed by atoms with E-state index in [-0.39, 0.29) is 5.91 Å². The van der Waals surface area contributed by atoms with Gasteiger partial charge in [-0.25, -0.2) is 0 Å². The average molecular weight is 296 g/mol. The molecule has 0 atom stereocenters. The highest BCUT2D eigenvalue weighted by atomic mass is 16.1. The van der Waals surface area contributed by atoms with Crippen LogP contribution in [0, 0.1) is 5.92 Å². The number of carbonyl (C=O) groups is 1. The van der Waals surface area contributed by atoms with Crippen molar-refractivity contribution in [1.29, 1.82) is 0 Å². The van der Waals surface area contributed by atoms with E-state index in [0.29, 0.717) is 24.9 Å². The molecule has 0 saturated heterocycles. The van der Waals surface area contributed by atoms with Crippen LogP contribution in [0.5, 0.6) is 0 Å². The van der Waals surface area contributed by atoms with E-state index in [2.05, 4.69) is 34.8 Å². The molecule has 5 heteroatoms. The molecule has 1 fully saturated rings. The third kappa shape index (κ3) is 8.58. The summed E-state index contributed by atoms with van der Waals surface area (Å²) in [6.07, 6.45) is 7.69. The van der Waals surface area contributed by atoms with E-state index in [1.165, 1.54) is 19.3 Å². The zero-order valence-electron chi connectivity index (χ0n) is 13.9. The fraction of sp³-hybridized carbons (Fsp3) is 0.875. The first-order valence-electron chi connectivity index (χ1n) is 8.35. The fourth-order valence-electron chi connectivity index (χ4n) is 2.54. The summed E-state index contributed by atoms with van der Waals surface area (Å²) in [5, 5.41) is 9.58. The molecule has 0 aromatic heterocycles. The lowest BCUT2D eigenvalue weighted by Gasteiger charge is -2.22. The van der Waals surface area contributed by atoms with Gasteiger partial charge in [0.05, 0.1) is 0 Å². The Balaban J connectivity index is 2.11. The Kier molecular flexibility index (Phi) is 8.87. The Bertz CT molecular complexity index is 322. The normalized spacial score (nSPS) is 16.9. The van der Waals surface area contributed by atoms with Gasteiger partial charge in [-0.15, -0.1) is 0 Å². The maximum atomic E-state index is 11.9. The zero-order valence-corrected chi connectivity index (χ0v) is 13.9. The summed E-state index contributed by atoms with van der Waals surface area (Å²) in [6, 6.07) is 0.398. The van der Waals surface area contributed by atoms with Crippen LogP contribution >= 0.6 is 0 Å². The SMILES string of the molecule is CN=C(NCCC(=O)NC1CCCCC1)NCCC(C)C.